The van der Waals surface area contributed by atoms with Gasteiger partial charge in [0.1, 0.15) is 29.9 Å². The van der Waals surface area contributed by atoms with Gasteiger partial charge in [-0.1, -0.05) is 30.3 Å². The summed E-state index contributed by atoms with van der Waals surface area (Å²) in [6.45, 7) is 7.16. The van der Waals surface area contributed by atoms with E-state index in [0.29, 0.717) is 42.8 Å². The molecule has 1 fully saturated rings. The molecule has 0 unspecified atom stereocenters. The lowest BCUT2D eigenvalue weighted by Crippen LogP contribution is -2.41. The highest BCUT2D eigenvalue weighted by Gasteiger charge is 2.30. The Morgan fingerprint density at radius 2 is 1.77 bits per heavy atom. The summed E-state index contributed by atoms with van der Waals surface area (Å²) in [5, 5.41) is 4.73. The largest absolute Gasteiger partial charge is 0.497 e. The maximum absolute atomic E-state index is 12.7. The lowest BCUT2D eigenvalue weighted by molar-refractivity contribution is 0.0203. The molecule has 0 atom stereocenters. The number of likely N-dealkylation sites (tertiary alicyclic amines) is 1. The Balaban J connectivity index is 1.31. The normalized spacial score (nSPS) is 14.2. The summed E-state index contributed by atoms with van der Waals surface area (Å²) in [4.78, 5) is 24.1. The summed E-state index contributed by atoms with van der Waals surface area (Å²) in [6, 6.07) is 19.5. The third-order valence-corrected chi connectivity index (χ3v) is 7.39. The van der Waals surface area contributed by atoms with Crippen molar-refractivity contribution in [2.75, 3.05) is 20.2 Å². The maximum atomic E-state index is 12.7. The number of fused-ring (bicyclic) bond motifs is 1. The molecule has 0 spiro atoms. The summed E-state index contributed by atoms with van der Waals surface area (Å²) >= 11 is 0. The number of amides is 1. The van der Waals surface area contributed by atoms with Crippen molar-refractivity contribution in [1.29, 1.82) is 0 Å². The molecule has 3 aromatic heterocycles. The molecule has 0 aliphatic carbocycles. The van der Waals surface area contributed by atoms with Crippen LogP contribution < -0.4 is 9.47 Å². The van der Waals surface area contributed by atoms with Crippen molar-refractivity contribution in [2.24, 2.45) is 0 Å². The van der Waals surface area contributed by atoms with Gasteiger partial charge in [0.05, 0.1) is 24.6 Å². The molecule has 10 heteroatoms. The Labute approximate surface area is 250 Å². The standard InChI is InChI=1S/C33H35N5O5/c1-33(2,3)43-32(39)37-16-14-23(15-17-37)28-18-29(41-20-22-10-12-25(40-4)13-11-22)36-30-26(19-34-38(28)30)27-21-42-31(35-27)24-8-6-5-7-9-24/h5-13,18-19,21,23H,14-17,20H2,1-4H3. The van der Waals surface area contributed by atoms with Gasteiger partial charge in [-0.2, -0.15) is 10.1 Å². The van der Waals surface area contributed by atoms with Crippen LogP contribution in [0.5, 0.6) is 11.6 Å². The number of nitrogens with zero attached hydrogens (tertiary/aromatic N) is 5. The van der Waals surface area contributed by atoms with Crippen LogP contribution in [-0.2, 0) is 11.3 Å². The lowest BCUT2D eigenvalue weighted by atomic mass is 9.93. The number of carbonyl (C=O) groups is 1. The molecule has 1 saturated heterocycles. The quantitative estimate of drug-likeness (QED) is 0.208. The van der Waals surface area contributed by atoms with Crippen LogP contribution in [0.4, 0.5) is 4.79 Å². The van der Waals surface area contributed by atoms with Crippen molar-refractivity contribution < 1.29 is 23.4 Å². The van der Waals surface area contributed by atoms with Crippen molar-refractivity contribution in [3.8, 4) is 34.3 Å². The molecular weight excluding hydrogens is 546 g/mol. The maximum Gasteiger partial charge on any atom is 0.410 e. The molecule has 222 valence electrons. The third-order valence-electron chi connectivity index (χ3n) is 7.39. The number of hydrogen-bond acceptors (Lipinski definition) is 8. The van der Waals surface area contributed by atoms with Crippen LogP contribution in [0.3, 0.4) is 0 Å². The molecule has 1 amide bonds. The highest BCUT2D eigenvalue weighted by atomic mass is 16.6. The summed E-state index contributed by atoms with van der Waals surface area (Å²) < 4.78 is 24.8. The summed E-state index contributed by atoms with van der Waals surface area (Å²) in [5.41, 5.74) is 4.33. The Morgan fingerprint density at radius 3 is 2.47 bits per heavy atom. The van der Waals surface area contributed by atoms with Gasteiger partial charge in [0, 0.05) is 30.6 Å². The van der Waals surface area contributed by atoms with Gasteiger partial charge >= 0.3 is 6.09 Å². The number of piperidine rings is 1. The van der Waals surface area contributed by atoms with Crippen LogP contribution in [0.2, 0.25) is 0 Å². The molecule has 2 aromatic carbocycles. The van der Waals surface area contributed by atoms with Gasteiger partial charge in [0.25, 0.3) is 0 Å². The topological polar surface area (TPSA) is 104 Å². The van der Waals surface area contributed by atoms with Crippen molar-refractivity contribution in [2.45, 2.75) is 51.7 Å². The molecule has 0 radical (unpaired) electrons. The SMILES string of the molecule is COc1ccc(COc2cc(C3CCN(C(=O)OC(C)(C)C)CC3)n3ncc(-c4coc(-c5ccccc5)n4)c3n2)cc1. The van der Waals surface area contributed by atoms with E-state index in [-0.39, 0.29) is 12.0 Å². The zero-order valence-corrected chi connectivity index (χ0v) is 24.8. The highest BCUT2D eigenvalue weighted by Crippen LogP contribution is 2.34. The van der Waals surface area contributed by atoms with Crippen molar-refractivity contribution in [3.05, 3.63) is 84.4 Å². The van der Waals surface area contributed by atoms with Gasteiger partial charge in [-0.25, -0.2) is 14.3 Å². The van der Waals surface area contributed by atoms with Crippen LogP contribution in [0, 0.1) is 0 Å². The molecule has 6 rings (SSSR count). The molecule has 0 bridgehead atoms. The average Bonchev–Trinajstić information content (AvgIpc) is 3.67. The van der Waals surface area contributed by atoms with E-state index in [0.717, 1.165) is 41.0 Å². The van der Waals surface area contributed by atoms with Crippen molar-refractivity contribution in [1.82, 2.24) is 24.5 Å². The number of benzene rings is 2. The van der Waals surface area contributed by atoms with E-state index < -0.39 is 5.60 Å². The lowest BCUT2D eigenvalue weighted by Gasteiger charge is -2.33. The number of methoxy groups -OCH3 is 1. The fraction of sp³-hybridized carbons (Fsp3) is 0.333. The van der Waals surface area contributed by atoms with E-state index in [4.69, 9.17) is 33.7 Å². The minimum Gasteiger partial charge on any atom is -0.497 e. The number of ether oxygens (including phenoxy) is 3. The Morgan fingerprint density at radius 1 is 1.02 bits per heavy atom. The smallest absolute Gasteiger partial charge is 0.410 e. The third kappa shape index (κ3) is 6.33. The summed E-state index contributed by atoms with van der Waals surface area (Å²) in [7, 11) is 1.64. The first kappa shape index (κ1) is 28.3. The van der Waals surface area contributed by atoms with E-state index >= 15 is 0 Å². The minimum atomic E-state index is -0.533. The van der Waals surface area contributed by atoms with E-state index in [1.165, 1.54) is 0 Å². The predicted molar refractivity (Wildman–Crippen MR) is 161 cm³/mol. The molecule has 4 heterocycles. The molecule has 5 aromatic rings. The van der Waals surface area contributed by atoms with Crippen molar-refractivity contribution >= 4 is 11.7 Å². The average molecular weight is 582 g/mol. The highest BCUT2D eigenvalue weighted by molar-refractivity contribution is 5.75. The van der Waals surface area contributed by atoms with Crippen LogP contribution in [0.25, 0.3) is 28.4 Å². The fourth-order valence-corrected chi connectivity index (χ4v) is 5.18. The molecule has 1 aliphatic heterocycles. The number of aromatic nitrogens is 4. The molecular formula is C33H35N5O5. The van der Waals surface area contributed by atoms with E-state index in [9.17, 15) is 4.79 Å². The zero-order valence-electron chi connectivity index (χ0n) is 24.8. The Bertz CT molecular complexity index is 1700. The van der Waals surface area contributed by atoms with Gasteiger partial charge in [-0.05, 0) is 63.4 Å². The fourth-order valence-electron chi connectivity index (χ4n) is 5.18. The predicted octanol–water partition coefficient (Wildman–Crippen LogP) is 6.75. The molecule has 0 saturated carbocycles. The van der Waals surface area contributed by atoms with Gasteiger partial charge in [0.15, 0.2) is 5.65 Å². The molecule has 1 aliphatic rings. The Hall–Kier alpha value is -4.86. The molecule has 43 heavy (non-hydrogen) atoms. The first-order chi connectivity index (χ1) is 20.8. The summed E-state index contributed by atoms with van der Waals surface area (Å²) in [5.74, 6) is 1.94. The second-order valence-corrected chi connectivity index (χ2v) is 11.6. The molecule has 10 nitrogen and oxygen atoms in total. The van der Waals surface area contributed by atoms with Gasteiger partial charge in [-0.3, -0.25) is 0 Å². The second-order valence-electron chi connectivity index (χ2n) is 11.6. The van der Waals surface area contributed by atoms with Crippen LogP contribution in [0.15, 0.2) is 77.5 Å². The monoisotopic (exact) mass is 581 g/mol. The van der Waals surface area contributed by atoms with Crippen LogP contribution >= 0.6 is 0 Å². The summed E-state index contributed by atoms with van der Waals surface area (Å²) in [6.07, 6.45) is 4.63. The molecule has 0 N–H and O–H groups in total. The number of rotatable bonds is 7. The first-order valence-corrected chi connectivity index (χ1v) is 14.4. The van der Waals surface area contributed by atoms with Crippen molar-refractivity contribution in [3.63, 3.8) is 0 Å². The zero-order chi connectivity index (χ0) is 30.0. The van der Waals surface area contributed by atoms with Gasteiger partial charge in [-0.15, -0.1) is 0 Å². The number of carbonyl (C=O) groups excluding carboxylic acids is 1. The second kappa shape index (κ2) is 11.8. The van der Waals surface area contributed by atoms with E-state index in [1.807, 2.05) is 86.0 Å². The van der Waals surface area contributed by atoms with Gasteiger partial charge in [0.2, 0.25) is 11.8 Å². The number of hydrogen-bond donors (Lipinski definition) is 0. The van der Waals surface area contributed by atoms with E-state index in [2.05, 4.69) is 0 Å². The Kier molecular flexibility index (Phi) is 7.75. The van der Waals surface area contributed by atoms with Gasteiger partial charge < -0.3 is 23.5 Å². The van der Waals surface area contributed by atoms with Crippen LogP contribution in [0.1, 0.15) is 50.8 Å². The minimum absolute atomic E-state index is 0.137. The van der Waals surface area contributed by atoms with Crippen LogP contribution in [-0.4, -0.2) is 56.4 Å². The first-order valence-electron chi connectivity index (χ1n) is 14.4. The van der Waals surface area contributed by atoms with E-state index in [1.54, 1.807) is 24.5 Å². The number of oxazole rings is 1.